The zero-order valence-corrected chi connectivity index (χ0v) is 14.8. The van der Waals surface area contributed by atoms with Crippen molar-refractivity contribution in [3.05, 3.63) is 34.7 Å². The topological polar surface area (TPSA) is 46.6 Å². The highest BCUT2D eigenvalue weighted by molar-refractivity contribution is 8.18. The summed E-state index contributed by atoms with van der Waals surface area (Å²) in [5, 5.41) is -0.147. The quantitative estimate of drug-likeness (QED) is 0.726. The van der Waals surface area contributed by atoms with Gasteiger partial charge < -0.3 is 4.74 Å². The number of benzene rings is 1. The largest absolute Gasteiger partial charge is 0.493 e. The second kappa shape index (κ2) is 7.88. The normalized spacial score (nSPS) is 20.9. The lowest BCUT2D eigenvalue weighted by molar-refractivity contribution is -0.123. The average molecular weight is 345 g/mol. The van der Waals surface area contributed by atoms with Crippen LogP contribution in [0.1, 0.15) is 44.6 Å². The zero-order valence-electron chi connectivity index (χ0n) is 14.0. The molecule has 24 heavy (non-hydrogen) atoms. The number of carbonyl (C=O) groups excluding carboxylic acids is 2. The van der Waals surface area contributed by atoms with E-state index in [1.807, 2.05) is 31.2 Å². The van der Waals surface area contributed by atoms with E-state index >= 15 is 0 Å². The fourth-order valence-electron chi connectivity index (χ4n) is 3.31. The fraction of sp³-hybridized carbons (Fsp3) is 0.474. The number of thioether (sulfide) groups is 1. The Bertz CT molecular complexity index is 650. The predicted molar refractivity (Wildman–Crippen MR) is 96.9 cm³/mol. The molecular formula is C19H23NO3S. The third-order valence-electron chi connectivity index (χ3n) is 4.54. The van der Waals surface area contributed by atoms with Crippen LogP contribution in [0.5, 0.6) is 5.75 Å². The number of hydrogen-bond donors (Lipinski definition) is 0. The van der Waals surface area contributed by atoms with E-state index in [9.17, 15) is 9.59 Å². The summed E-state index contributed by atoms with van der Waals surface area (Å²) < 4.78 is 5.59. The van der Waals surface area contributed by atoms with Crippen LogP contribution in [0.15, 0.2) is 29.2 Å². The molecular weight excluding hydrogens is 322 g/mol. The summed E-state index contributed by atoms with van der Waals surface area (Å²) in [4.78, 5) is 26.8. The van der Waals surface area contributed by atoms with E-state index in [0.29, 0.717) is 24.0 Å². The molecule has 0 atom stereocenters. The summed E-state index contributed by atoms with van der Waals surface area (Å²) in [6.45, 7) is 3.05. The Labute approximate surface area is 147 Å². The van der Waals surface area contributed by atoms with Crippen molar-refractivity contribution in [2.45, 2.75) is 39.0 Å². The van der Waals surface area contributed by atoms with Gasteiger partial charge in [-0.15, -0.1) is 0 Å². The van der Waals surface area contributed by atoms with E-state index in [0.717, 1.165) is 35.9 Å². The minimum absolute atomic E-state index is 0.147. The third kappa shape index (κ3) is 3.83. The lowest BCUT2D eigenvalue weighted by Gasteiger charge is -2.25. The molecule has 4 nitrogen and oxygen atoms in total. The van der Waals surface area contributed by atoms with Gasteiger partial charge >= 0.3 is 0 Å². The van der Waals surface area contributed by atoms with E-state index in [1.165, 1.54) is 24.2 Å². The number of ether oxygens (including phenoxy) is 1. The fourth-order valence-corrected chi connectivity index (χ4v) is 4.15. The molecule has 1 heterocycles. The second-order valence-electron chi connectivity index (χ2n) is 6.27. The van der Waals surface area contributed by atoms with Gasteiger partial charge in [0.25, 0.3) is 11.1 Å². The van der Waals surface area contributed by atoms with Gasteiger partial charge in [0.15, 0.2) is 0 Å². The summed E-state index contributed by atoms with van der Waals surface area (Å²) in [5.74, 6) is 1.03. The van der Waals surface area contributed by atoms with Gasteiger partial charge in [-0.25, -0.2) is 0 Å². The molecule has 1 aliphatic heterocycles. The van der Waals surface area contributed by atoms with Crippen LogP contribution in [0.4, 0.5) is 4.79 Å². The van der Waals surface area contributed by atoms with Crippen LogP contribution in [-0.2, 0) is 4.79 Å². The molecule has 1 aromatic rings. The molecule has 5 heteroatoms. The average Bonchev–Trinajstić information content (AvgIpc) is 2.85. The number of amides is 2. The van der Waals surface area contributed by atoms with E-state index in [4.69, 9.17) is 4.74 Å². The summed E-state index contributed by atoms with van der Waals surface area (Å²) in [6, 6.07) is 7.58. The molecule has 2 fully saturated rings. The van der Waals surface area contributed by atoms with Crippen LogP contribution >= 0.6 is 11.8 Å². The van der Waals surface area contributed by atoms with Crippen molar-refractivity contribution in [2.24, 2.45) is 5.92 Å². The van der Waals surface area contributed by atoms with Gasteiger partial charge in [0.05, 0.1) is 11.5 Å². The van der Waals surface area contributed by atoms with Crippen LogP contribution in [0.2, 0.25) is 0 Å². The van der Waals surface area contributed by atoms with E-state index in [2.05, 4.69) is 0 Å². The predicted octanol–water partition coefficient (Wildman–Crippen LogP) is 4.70. The first-order chi connectivity index (χ1) is 11.7. The molecule has 0 bridgehead atoms. The molecule has 2 amide bonds. The molecule has 0 unspecified atom stereocenters. The second-order valence-corrected chi connectivity index (χ2v) is 7.26. The van der Waals surface area contributed by atoms with E-state index < -0.39 is 0 Å². The van der Waals surface area contributed by atoms with Crippen molar-refractivity contribution in [3.8, 4) is 5.75 Å². The minimum atomic E-state index is -0.165. The molecule has 1 saturated heterocycles. The van der Waals surface area contributed by atoms with Gasteiger partial charge in [-0.2, -0.15) is 0 Å². The maximum Gasteiger partial charge on any atom is 0.293 e. The highest BCUT2D eigenvalue weighted by Gasteiger charge is 2.36. The molecule has 1 saturated carbocycles. The van der Waals surface area contributed by atoms with Gasteiger partial charge in [0, 0.05) is 12.1 Å². The molecule has 2 aliphatic rings. The van der Waals surface area contributed by atoms with E-state index in [-0.39, 0.29) is 11.1 Å². The zero-order chi connectivity index (χ0) is 16.9. The Hall–Kier alpha value is -1.75. The molecule has 0 spiro atoms. The molecule has 0 aromatic heterocycles. The van der Waals surface area contributed by atoms with Crippen molar-refractivity contribution in [1.29, 1.82) is 0 Å². The van der Waals surface area contributed by atoms with Crippen LogP contribution < -0.4 is 4.74 Å². The van der Waals surface area contributed by atoms with Crippen molar-refractivity contribution in [3.63, 3.8) is 0 Å². The van der Waals surface area contributed by atoms with Crippen LogP contribution in [0, 0.1) is 5.92 Å². The first-order valence-corrected chi connectivity index (χ1v) is 9.48. The number of nitrogens with zero attached hydrogens (tertiary/aromatic N) is 1. The van der Waals surface area contributed by atoms with Crippen molar-refractivity contribution in [2.75, 3.05) is 13.2 Å². The molecule has 3 rings (SSSR count). The first kappa shape index (κ1) is 17.1. The van der Waals surface area contributed by atoms with Crippen LogP contribution in [0.3, 0.4) is 0 Å². The van der Waals surface area contributed by atoms with E-state index in [1.54, 1.807) is 6.08 Å². The van der Waals surface area contributed by atoms with Crippen molar-refractivity contribution < 1.29 is 14.3 Å². The highest BCUT2D eigenvalue weighted by atomic mass is 32.2. The number of para-hydroxylation sites is 1. The summed E-state index contributed by atoms with van der Waals surface area (Å²) in [7, 11) is 0. The van der Waals surface area contributed by atoms with Gasteiger partial charge in [0.2, 0.25) is 0 Å². The van der Waals surface area contributed by atoms with Crippen molar-refractivity contribution in [1.82, 2.24) is 4.90 Å². The SMILES string of the molecule is CCOc1ccccc1/C=C1/SC(=O)N(CC2CCCCC2)C1=O. The first-order valence-electron chi connectivity index (χ1n) is 8.66. The van der Waals surface area contributed by atoms with Gasteiger partial charge in [0.1, 0.15) is 5.75 Å². The summed E-state index contributed by atoms with van der Waals surface area (Å²) in [6.07, 6.45) is 7.70. The number of rotatable bonds is 5. The highest BCUT2D eigenvalue weighted by Crippen LogP contribution is 2.36. The van der Waals surface area contributed by atoms with Crippen LogP contribution in [0.25, 0.3) is 6.08 Å². The Morgan fingerprint density at radius 3 is 2.71 bits per heavy atom. The maximum atomic E-state index is 12.6. The summed E-state index contributed by atoms with van der Waals surface area (Å²) >= 11 is 1.03. The molecule has 0 N–H and O–H groups in total. The Morgan fingerprint density at radius 2 is 1.96 bits per heavy atom. The smallest absolute Gasteiger partial charge is 0.293 e. The van der Waals surface area contributed by atoms with Gasteiger partial charge in [-0.1, -0.05) is 37.5 Å². The lowest BCUT2D eigenvalue weighted by Crippen LogP contribution is -2.34. The monoisotopic (exact) mass is 345 g/mol. The third-order valence-corrected chi connectivity index (χ3v) is 5.45. The minimum Gasteiger partial charge on any atom is -0.493 e. The molecule has 128 valence electrons. The molecule has 0 radical (unpaired) electrons. The number of carbonyl (C=O) groups is 2. The Balaban J connectivity index is 1.75. The molecule has 1 aromatic carbocycles. The lowest BCUT2D eigenvalue weighted by atomic mass is 9.89. The van der Waals surface area contributed by atoms with Gasteiger partial charge in [-0.05, 0) is 49.6 Å². The summed E-state index contributed by atoms with van der Waals surface area (Å²) in [5.41, 5.74) is 0.836. The molecule has 1 aliphatic carbocycles. The number of imide groups is 1. The van der Waals surface area contributed by atoms with Crippen molar-refractivity contribution >= 4 is 29.0 Å². The Kier molecular flexibility index (Phi) is 5.61. The standard InChI is InChI=1S/C19H23NO3S/c1-2-23-16-11-7-6-10-15(16)12-17-18(21)20(19(22)24-17)13-14-8-4-3-5-9-14/h6-7,10-12,14H,2-5,8-9,13H2,1H3/b17-12+. The van der Waals surface area contributed by atoms with Gasteiger partial charge in [-0.3, -0.25) is 14.5 Å². The Morgan fingerprint density at radius 1 is 1.21 bits per heavy atom. The number of hydrogen-bond acceptors (Lipinski definition) is 4. The maximum absolute atomic E-state index is 12.6. The van der Waals surface area contributed by atoms with Crippen LogP contribution in [-0.4, -0.2) is 29.2 Å².